The van der Waals surface area contributed by atoms with Crippen LogP contribution in [0.3, 0.4) is 0 Å². The third kappa shape index (κ3) is 6.75. The number of nitrogens with two attached hydrogens (primary N) is 1. The normalized spacial score (nSPS) is 12.1. The van der Waals surface area contributed by atoms with Gasteiger partial charge in [0.1, 0.15) is 12.3 Å². The van der Waals surface area contributed by atoms with Gasteiger partial charge >= 0.3 is 0 Å². The monoisotopic (exact) mass is 386 g/mol. The zero-order valence-corrected chi connectivity index (χ0v) is 18.0. The van der Waals surface area contributed by atoms with E-state index in [1.165, 1.54) is 30.4 Å². The van der Waals surface area contributed by atoms with E-state index in [-0.39, 0.29) is 0 Å². The van der Waals surface area contributed by atoms with Gasteiger partial charge in [-0.2, -0.15) is 0 Å². The van der Waals surface area contributed by atoms with Gasteiger partial charge in [-0.3, -0.25) is 0 Å². The summed E-state index contributed by atoms with van der Waals surface area (Å²) in [5.41, 5.74) is 2.67. The van der Waals surface area contributed by atoms with E-state index in [0.29, 0.717) is 5.92 Å². The summed E-state index contributed by atoms with van der Waals surface area (Å²) in [7, 11) is 5.06. The number of methoxy groups -OCH3 is 3. The fourth-order valence-corrected chi connectivity index (χ4v) is 3.48. The predicted molar refractivity (Wildman–Crippen MR) is 114 cm³/mol. The molecule has 0 radical (unpaired) electrons. The molecule has 0 spiro atoms. The van der Waals surface area contributed by atoms with E-state index in [9.17, 15) is 0 Å². The molecule has 2 rings (SSSR count). The molecule has 0 aliphatic rings. The van der Waals surface area contributed by atoms with E-state index in [1.807, 2.05) is 6.07 Å². The zero-order chi connectivity index (χ0) is 20.4. The molecule has 28 heavy (non-hydrogen) atoms. The molecule has 154 valence electrons. The molecule has 0 unspecified atom stereocenters. The minimum atomic E-state index is 0.593. The van der Waals surface area contributed by atoms with Crippen molar-refractivity contribution in [2.75, 3.05) is 27.9 Å². The third-order valence-corrected chi connectivity index (χ3v) is 5.23. The lowest BCUT2D eigenvalue weighted by Gasteiger charge is -2.18. The van der Waals surface area contributed by atoms with Crippen LogP contribution < -0.4 is 19.5 Å². The van der Waals surface area contributed by atoms with Crippen molar-refractivity contribution in [3.63, 3.8) is 0 Å². The maximum atomic E-state index is 5.40. The number of benzene rings is 2. The largest absolute Gasteiger partial charge is 0.497 e. The Labute approximate surface area is 170 Å². The first kappa shape index (κ1) is 22.1. The summed E-state index contributed by atoms with van der Waals surface area (Å²) in [5, 5.41) is 2.38. The number of hydrogen-bond donors (Lipinski definition) is 1. The Hall–Kier alpha value is -2.20. The van der Waals surface area contributed by atoms with Crippen LogP contribution in [0, 0.1) is 5.92 Å². The second-order valence-electron chi connectivity index (χ2n) is 7.70. The number of rotatable bonds is 12. The molecule has 2 aromatic carbocycles. The molecule has 0 saturated heterocycles. The molecular weight excluding hydrogens is 350 g/mol. The molecule has 2 aromatic rings. The summed E-state index contributed by atoms with van der Waals surface area (Å²) in [6, 6.07) is 14.7. The van der Waals surface area contributed by atoms with Crippen molar-refractivity contribution >= 4 is 0 Å². The Kier molecular flexibility index (Phi) is 9.15. The minimum absolute atomic E-state index is 0.593. The summed E-state index contributed by atoms with van der Waals surface area (Å²) in [5.74, 6) is 3.82. The summed E-state index contributed by atoms with van der Waals surface area (Å²) in [6.45, 7) is 6.64. The first-order valence-electron chi connectivity index (χ1n) is 10.2. The summed E-state index contributed by atoms with van der Waals surface area (Å²) >= 11 is 0. The smallest absolute Gasteiger partial charge is 0.161 e. The maximum Gasteiger partial charge on any atom is 0.161 e. The fourth-order valence-electron chi connectivity index (χ4n) is 3.48. The van der Waals surface area contributed by atoms with Gasteiger partial charge in [-0.25, -0.2) is 0 Å². The Balaban J connectivity index is 1.91. The Morgan fingerprint density at radius 2 is 1.50 bits per heavy atom. The molecule has 0 saturated carbocycles. The van der Waals surface area contributed by atoms with Crippen LogP contribution in [0.1, 0.15) is 50.2 Å². The maximum absolute atomic E-state index is 5.40. The van der Waals surface area contributed by atoms with Crippen molar-refractivity contribution in [2.24, 2.45) is 5.92 Å². The first-order valence-corrected chi connectivity index (χ1v) is 10.2. The SMILES string of the molecule is COc1ccc([C@H](CC[NH2+]Cc2ccc(OC)c(OC)c2)CCC(C)C)cc1. The van der Waals surface area contributed by atoms with E-state index in [0.717, 1.165) is 36.3 Å². The average Bonchev–Trinajstić information content (AvgIpc) is 2.73. The van der Waals surface area contributed by atoms with Gasteiger partial charge in [0.25, 0.3) is 0 Å². The van der Waals surface area contributed by atoms with Gasteiger partial charge in [-0.15, -0.1) is 0 Å². The van der Waals surface area contributed by atoms with Gasteiger partial charge in [-0.1, -0.05) is 32.4 Å². The lowest BCUT2D eigenvalue weighted by molar-refractivity contribution is -0.671. The van der Waals surface area contributed by atoms with E-state index in [1.54, 1.807) is 21.3 Å². The first-order chi connectivity index (χ1) is 13.6. The van der Waals surface area contributed by atoms with Crippen molar-refractivity contribution in [3.05, 3.63) is 53.6 Å². The van der Waals surface area contributed by atoms with Crippen LogP contribution in [0.25, 0.3) is 0 Å². The topological polar surface area (TPSA) is 44.3 Å². The van der Waals surface area contributed by atoms with E-state index < -0.39 is 0 Å². The minimum Gasteiger partial charge on any atom is -0.497 e. The van der Waals surface area contributed by atoms with Crippen LogP contribution in [-0.2, 0) is 6.54 Å². The lowest BCUT2D eigenvalue weighted by Crippen LogP contribution is -2.82. The van der Waals surface area contributed by atoms with Crippen LogP contribution in [0.4, 0.5) is 0 Å². The summed E-state index contributed by atoms with van der Waals surface area (Å²) < 4.78 is 16.0. The van der Waals surface area contributed by atoms with Gasteiger partial charge in [0.2, 0.25) is 0 Å². The van der Waals surface area contributed by atoms with Crippen molar-refractivity contribution in [1.29, 1.82) is 0 Å². The van der Waals surface area contributed by atoms with Crippen LogP contribution in [0.2, 0.25) is 0 Å². The van der Waals surface area contributed by atoms with E-state index in [2.05, 4.69) is 55.6 Å². The van der Waals surface area contributed by atoms with E-state index in [4.69, 9.17) is 14.2 Å². The fraction of sp³-hybridized carbons (Fsp3) is 0.500. The molecule has 0 fully saturated rings. The zero-order valence-electron chi connectivity index (χ0n) is 18.0. The molecular formula is C24H36NO3+. The van der Waals surface area contributed by atoms with Gasteiger partial charge in [0.15, 0.2) is 11.5 Å². The highest BCUT2D eigenvalue weighted by Crippen LogP contribution is 2.28. The summed E-state index contributed by atoms with van der Waals surface area (Å²) in [4.78, 5) is 0. The predicted octanol–water partition coefficient (Wildman–Crippen LogP) is 4.39. The van der Waals surface area contributed by atoms with Crippen molar-refractivity contribution in [3.8, 4) is 17.2 Å². The highest BCUT2D eigenvalue weighted by molar-refractivity contribution is 5.42. The standard InChI is InChI=1S/C24H35NO3/c1-18(2)6-8-21(20-9-11-22(26-3)12-10-20)14-15-25-17-19-7-13-23(27-4)24(16-19)28-5/h7,9-13,16,18,21,25H,6,8,14-15,17H2,1-5H3/p+1/t21-/m0/s1. The molecule has 0 amide bonds. The van der Waals surface area contributed by atoms with Crippen molar-refractivity contribution in [2.45, 2.75) is 45.6 Å². The quantitative estimate of drug-likeness (QED) is 0.550. The molecule has 0 heterocycles. The molecule has 2 N–H and O–H groups in total. The molecule has 0 aliphatic heterocycles. The lowest BCUT2D eigenvalue weighted by atomic mass is 9.88. The Morgan fingerprint density at radius 3 is 2.11 bits per heavy atom. The average molecular weight is 387 g/mol. The van der Waals surface area contributed by atoms with Gasteiger partial charge in [0, 0.05) is 12.0 Å². The van der Waals surface area contributed by atoms with Gasteiger partial charge in [-0.05, 0) is 54.2 Å². The Bertz CT molecular complexity index is 697. The molecule has 0 aliphatic carbocycles. The number of ether oxygens (including phenoxy) is 3. The molecule has 0 bridgehead atoms. The second kappa shape index (κ2) is 11.6. The van der Waals surface area contributed by atoms with Crippen molar-refractivity contribution in [1.82, 2.24) is 0 Å². The highest BCUT2D eigenvalue weighted by Gasteiger charge is 2.14. The van der Waals surface area contributed by atoms with Crippen LogP contribution >= 0.6 is 0 Å². The third-order valence-electron chi connectivity index (χ3n) is 5.23. The Morgan fingerprint density at radius 1 is 0.786 bits per heavy atom. The van der Waals surface area contributed by atoms with Gasteiger partial charge < -0.3 is 19.5 Å². The molecule has 4 heteroatoms. The number of quaternary nitrogens is 1. The molecule has 1 atom stereocenters. The summed E-state index contributed by atoms with van der Waals surface area (Å²) in [6.07, 6.45) is 3.66. The van der Waals surface area contributed by atoms with Crippen LogP contribution in [-0.4, -0.2) is 27.9 Å². The number of hydrogen-bond acceptors (Lipinski definition) is 3. The van der Waals surface area contributed by atoms with Crippen LogP contribution in [0.15, 0.2) is 42.5 Å². The van der Waals surface area contributed by atoms with Crippen molar-refractivity contribution < 1.29 is 19.5 Å². The van der Waals surface area contributed by atoms with Gasteiger partial charge in [0.05, 0.1) is 27.9 Å². The van der Waals surface area contributed by atoms with E-state index >= 15 is 0 Å². The molecule has 0 aromatic heterocycles. The van der Waals surface area contributed by atoms with Crippen LogP contribution in [0.5, 0.6) is 17.2 Å². The molecule has 4 nitrogen and oxygen atoms in total. The second-order valence-corrected chi connectivity index (χ2v) is 7.70. The highest BCUT2D eigenvalue weighted by atomic mass is 16.5.